The van der Waals surface area contributed by atoms with Crippen molar-refractivity contribution in [3.8, 4) is 12.3 Å². The highest BCUT2D eigenvalue weighted by Crippen LogP contribution is 2.19. The highest BCUT2D eigenvalue weighted by Gasteiger charge is 2.12. The Hall–Kier alpha value is -2.09. The van der Waals surface area contributed by atoms with Crippen LogP contribution >= 0.6 is 0 Å². The van der Waals surface area contributed by atoms with E-state index in [1.807, 2.05) is 0 Å². The van der Waals surface area contributed by atoms with Gasteiger partial charge in [0.05, 0.1) is 0 Å². The van der Waals surface area contributed by atoms with E-state index in [0.29, 0.717) is 12.2 Å². The highest BCUT2D eigenvalue weighted by molar-refractivity contribution is 5.56. The minimum Gasteiger partial charge on any atom is -0.378 e. The molecule has 0 atom stereocenters. The van der Waals surface area contributed by atoms with Crippen molar-refractivity contribution in [1.82, 2.24) is 4.98 Å². The van der Waals surface area contributed by atoms with Crippen LogP contribution in [0.15, 0.2) is 18.3 Å². The van der Waals surface area contributed by atoms with Crippen molar-refractivity contribution in [3.63, 3.8) is 0 Å². The fourth-order valence-corrected chi connectivity index (χ4v) is 1.26. The van der Waals surface area contributed by atoms with Crippen LogP contribution in [-0.4, -0.2) is 16.5 Å². The quantitative estimate of drug-likeness (QED) is 0.344. The zero-order valence-electron chi connectivity index (χ0n) is 8.85. The molecule has 84 valence electrons. The lowest BCUT2D eigenvalue weighted by molar-refractivity contribution is -0.388. The molecule has 1 aromatic rings. The van der Waals surface area contributed by atoms with Crippen LogP contribution in [0.5, 0.6) is 0 Å². The van der Waals surface area contributed by atoms with Gasteiger partial charge in [-0.3, -0.25) is 0 Å². The minimum absolute atomic E-state index is 0.139. The molecule has 5 heteroatoms. The van der Waals surface area contributed by atoms with E-state index in [9.17, 15) is 10.1 Å². The molecule has 5 nitrogen and oxygen atoms in total. The molecule has 0 radical (unpaired) electrons. The molecule has 16 heavy (non-hydrogen) atoms. The Balaban J connectivity index is 2.47. The van der Waals surface area contributed by atoms with E-state index in [1.165, 1.54) is 6.20 Å². The van der Waals surface area contributed by atoms with Crippen molar-refractivity contribution in [2.24, 2.45) is 0 Å². The molecule has 0 bridgehead atoms. The standard InChI is InChI=1S/C11H13N3O2/c1-2-3-4-5-8-12-10-7-6-9-13-11(10)14(15)16/h1,6-7,9,12H,3-5,8H2. The Kier molecular flexibility index (Phi) is 4.80. The molecule has 1 heterocycles. The number of nitrogens with one attached hydrogen (secondary N) is 1. The van der Waals surface area contributed by atoms with Crippen LogP contribution < -0.4 is 5.32 Å². The Morgan fingerprint density at radius 2 is 2.38 bits per heavy atom. The van der Waals surface area contributed by atoms with E-state index < -0.39 is 4.92 Å². The third-order valence-electron chi connectivity index (χ3n) is 2.02. The van der Waals surface area contributed by atoms with Crippen LogP contribution in [0.25, 0.3) is 0 Å². The summed E-state index contributed by atoms with van der Waals surface area (Å²) in [5.74, 6) is 2.41. The maximum Gasteiger partial charge on any atom is 0.386 e. The smallest absolute Gasteiger partial charge is 0.378 e. The zero-order chi connectivity index (χ0) is 11.8. The molecule has 0 saturated carbocycles. The number of pyridine rings is 1. The Morgan fingerprint density at radius 1 is 1.56 bits per heavy atom. The first-order valence-electron chi connectivity index (χ1n) is 5.02. The number of hydrogen-bond acceptors (Lipinski definition) is 4. The van der Waals surface area contributed by atoms with E-state index in [1.54, 1.807) is 12.1 Å². The Bertz CT molecular complexity index is 398. The molecule has 0 aliphatic carbocycles. The van der Waals surface area contributed by atoms with Crippen molar-refractivity contribution in [1.29, 1.82) is 0 Å². The summed E-state index contributed by atoms with van der Waals surface area (Å²) in [6, 6.07) is 3.31. The predicted octanol–water partition coefficient (Wildman–Crippen LogP) is 2.21. The molecule has 0 aliphatic rings. The largest absolute Gasteiger partial charge is 0.386 e. The van der Waals surface area contributed by atoms with Gasteiger partial charge in [0.1, 0.15) is 11.9 Å². The van der Waals surface area contributed by atoms with Gasteiger partial charge in [0, 0.05) is 13.0 Å². The van der Waals surface area contributed by atoms with Gasteiger partial charge in [-0.25, -0.2) is 0 Å². The fraction of sp³-hybridized carbons (Fsp3) is 0.364. The van der Waals surface area contributed by atoms with E-state index >= 15 is 0 Å². The van der Waals surface area contributed by atoms with Crippen LogP contribution in [0.3, 0.4) is 0 Å². The molecule has 0 aromatic carbocycles. The molecule has 0 fully saturated rings. The van der Waals surface area contributed by atoms with Gasteiger partial charge in [-0.05, 0) is 34.9 Å². The lowest BCUT2D eigenvalue weighted by Gasteiger charge is -2.05. The normalized spacial score (nSPS) is 9.44. The molecular weight excluding hydrogens is 206 g/mol. The van der Waals surface area contributed by atoms with Gasteiger partial charge in [-0.2, -0.15) is 0 Å². The maximum atomic E-state index is 10.6. The van der Waals surface area contributed by atoms with Crippen LogP contribution in [0.2, 0.25) is 0 Å². The third kappa shape index (κ3) is 3.58. The number of anilines is 1. The van der Waals surface area contributed by atoms with Crippen molar-refractivity contribution in [2.75, 3.05) is 11.9 Å². The number of unbranched alkanes of at least 4 members (excludes halogenated alkanes) is 2. The highest BCUT2D eigenvalue weighted by atomic mass is 16.6. The van der Waals surface area contributed by atoms with Crippen molar-refractivity contribution in [3.05, 3.63) is 28.4 Å². The minimum atomic E-state index is -0.496. The zero-order valence-corrected chi connectivity index (χ0v) is 8.85. The molecule has 1 rings (SSSR count). The lowest BCUT2D eigenvalue weighted by Crippen LogP contribution is -2.05. The number of hydrogen-bond donors (Lipinski definition) is 1. The monoisotopic (exact) mass is 219 g/mol. The number of terminal acetylenes is 1. The summed E-state index contributed by atoms with van der Waals surface area (Å²) in [4.78, 5) is 13.8. The number of nitrogens with zero attached hydrogens (tertiary/aromatic N) is 2. The number of rotatable bonds is 6. The molecule has 0 saturated heterocycles. The van der Waals surface area contributed by atoms with E-state index in [-0.39, 0.29) is 5.82 Å². The summed E-state index contributed by atoms with van der Waals surface area (Å²) in [6.45, 7) is 0.661. The molecule has 0 amide bonds. The third-order valence-corrected chi connectivity index (χ3v) is 2.02. The van der Waals surface area contributed by atoms with E-state index in [2.05, 4.69) is 16.2 Å². The van der Waals surface area contributed by atoms with Gasteiger partial charge in [-0.15, -0.1) is 12.3 Å². The summed E-state index contributed by atoms with van der Waals surface area (Å²) >= 11 is 0. The second kappa shape index (κ2) is 6.40. The van der Waals surface area contributed by atoms with Crippen LogP contribution in [0.1, 0.15) is 19.3 Å². The molecule has 0 spiro atoms. The SMILES string of the molecule is C#CCCCCNc1cccnc1[N+](=O)[O-]. The molecule has 0 unspecified atom stereocenters. The summed E-state index contributed by atoms with van der Waals surface area (Å²) < 4.78 is 0. The van der Waals surface area contributed by atoms with Gasteiger partial charge in [-0.1, -0.05) is 0 Å². The van der Waals surface area contributed by atoms with Gasteiger partial charge in [0.2, 0.25) is 0 Å². The Morgan fingerprint density at radius 3 is 3.06 bits per heavy atom. The fourth-order valence-electron chi connectivity index (χ4n) is 1.26. The predicted molar refractivity (Wildman–Crippen MR) is 62.1 cm³/mol. The molecule has 0 aliphatic heterocycles. The van der Waals surface area contributed by atoms with Gasteiger partial charge < -0.3 is 15.4 Å². The number of aromatic nitrogens is 1. The molecule has 1 aromatic heterocycles. The van der Waals surface area contributed by atoms with Gasteiger partial charge >= 0.3 is 5.82 Å². The van der Waals surface area contributed by atoms with Crippen molar-refractivity contribution < 1.29 is 4.92 Å². The second-order valence-electron chi connectivity index (χ2n) is 3.22. The first-order valence-corrected chi connectivity index (χ1v) is 5.02. The summed E-state index contributed by atoms with van der Waals surface area (Å²) in [5, 5.41) is 13.6. The van der Waals surface area contributed by atoms with Crippen LogP contribution in [0.4, 0.5) is 11.5 Å². The topological polar surface area (TPSA) is 68.1 Å². The van der Waals surface area contributed by atoms with E-state index in [4.69, 9.17) is 6.42 Å². The Labute approximate surface area is 94.0 Å². The lowest BCUT2D eigenvalue weighted by atomic mass is 10.2. The van der Waals surface area contributed by atoms with Crippen LogP contribution in [0, 0.1) is 22.5 Å². The summed E-state index contributed by atoms with van der Waals surface area (Å²) in [7, 11) is 0. The first kappa shape index (κ1) is 12.0. The summed E-state index contributed by atoms with van der Waals surface area (Å²) in [6.07, 6.45) is 9.05. The first-order chi connectivity index (χ1) is 7.75. The average Bonchev–Trinajstić information content (AvgIpc) is 2.29. The van der Waals surface area contributed by atoms with Gasteiger partial charge in [0.25, 0.3) is 0 Å². The maximum absolute atomic E-state index is 10.6. The van der Waals surface area contributed by atoms with Gasteiger partial charge in [0.15, 0.2) is 0 Å². The average molecular weight is 219 g/mol. The van der Waals surface area contributed by atoms with Crippen molar-refractivity contribution in [2.45, 2.75) is 19.3 Å². The van der Waals surface area contributed by atoms with E-state index in [0.717, 1.165) is 19.3 Å². The molecule has 1 N–H and O–H groups in total. The number of nitro groups is 1. The van der Waals surface area contributed by atoms with Crippen molar-refractivity contribution >= 4 is 11.5 Å². The van der Waals surface area contributed by atoms with Crippen LogP contribution in [-0.2, 0) is 0 Å². The summed E-state index contributed by atoms with van der Waals surface area (Å²) in [5.41, 5.74) is 0.452. The molecular formula is C11H13N3O2. The second-order valence-corrected chi connectivity index (χ2v) is 3.22.